The van der Waals surface area contributed by atoms with Gasteiger partial charge in [-0.3, -0.25) is 0 Å². The largest absolute Gasteiger partial charge is 0.395 e. The van der Waals surface area contributed by atoms with Crippen LogP contribution in [0.15, 0.2) is 0 Å². The predicted octanol–water partition coefficient (Wildman–Crippen LogP) is -2.33. The molecule has 0 aliphatic carbocycles. The van der Waals surface area contributed by atoms with E-state index in [0.717, 1.165) is 0 Å². The van der Waals surface area contributed by atoms with E-state index >= 15 is 0 Å². The molecular formula is C8H17NO4. The van der Waals surface area contributed by atoms with Crippen molar-refractivity contribution >= 4 is 0 Å². The van der Waals surface area contributed by atoms with Gasteiger partial charge < -0.3 is 25.7 Å². The second-order valence-electron chi connectivity index (χ2n) is 3.59. The van der Waals surface area contributed by atoms with Gasteiger partial charge in [0.25, 0.3) is 0 Å². The first-order chi connectivity index (χ1) is 6.11. The molecule has 5 nitrogen and oxygen atoms in total. The first-order valence-electron chi connectivity index (χ1n) is 4.45. The van der Waals surface area contributed by atoms with E-state index < -0.39 is 18.2 Å². The van der Waals surface area contributed by atoms with E-state index in [1.807, 2.05) is 0 Å². The van der Waals surface area contributed by atoms with Gasteiger partial charge in [-0.05, 0) is 0 Å². The molecule has 78 valence electrons. The van der Waals surface area contributed by atoms with Crippen LogP contribution in [0.4, 0.5) is 0 Å². The van der Waals surface area contributed by atoms with Crippen LogP contribution in [0.3, 0.4) is 0 Å². The first-order valence-corrected chi connectivity index (χ1v) is 4.45. The molecule has 1 saturated heterocycles. The zero-order chi connectivity index (χ0) is 10.0. The van der Waals surface area contributed by atoms with E-state index in [2.05, 4.69) is 5.32 Å². The molecule has 0 saturated carbocycles. The van der Waals surface area contributed by atoms with Crippen molar-refractivity contribution in [2.45, 2.75) is 31.2 Å². The minimum absolute atomic E-state index is 0.110. The average molecular weight is 191 g/mol. The number of aliphatic hydroxyl groups excluding tert-OH is 4. The van der Waals surface area contributed by atoms with Crippen LogP contribution in [0.25, 0.3) is 0 Å². The summed E-state index contributed by atoms with van der Waals surface area (Å²) in [7, 11) is 0. The zero-order valence-electron chi connectivity index (χ0n) is 7.59. The standard InChI is InChI=1S/C8H17NO4/c1-4-5(2-10)9-6(3-11)8(13)7(4)12/h4-13H,2-3H2,1H3/t4?,5-,6?,7+,8-/m0/s1. The molecule has 0 aromatic rings. The number of piperidine rings is 1. The predicted molar refractivity (Wildman–Crippen MR) is 46.1 cm³/mol. The summed E-state index contributed by atoms with van der Waals surface area (Å²) in [6.45, 7) is 1.39. The number of rotatable bonds is 2. The van der Waals surface area contributed by atoms with Crippen LogP contribution >= 0.6 is 0 Å². The molecule has 0 aromatic heterocycles. The summed E-state index contributed by atoms with van der Waals surface area (Å²) in [6.07, 6.45) is -1.86. The lowest BCUT2D eigenvalue weighted by Crippen LogP contribution is -2.63. The normalized spacial score (nSPS) is 46.4. The van der Waals surface area contributed by atoms with Crippen LogP contribution < -0.4 is 5.32 Å². The molecule has 1 aliphatic rings. The Morgan fingerprint density at radius 2 is 1.54 bits per heavy atom. The zero-order valence-corrected chi connectivity index (χ0v) is 7.59. The molecule has 0 radical (unpaired) electrons. The summed E-state index contributed by atoms with van der Waals surface area (Å²) in [5.74, 6) is -0.220. The molecule has 0 amide bonds. The van der Waals surface area contributed by atoms with Crippen LogP contribution in [0.1, 0.15) is 6.92 Å². The summed E-state index contributed by atoms with van der Waals surface area (Å²) < 4.78 is 0. The smallest absolute Gasteiger partial charge is 0.0977 e. The maximum absolute atomic E-state index is 9.54. The minimum Gasteiger partial charge on any atom is -0.395 e. The number of nitrogens with one attached hydrogen (secondary N) is 1. The van der Waals surface area contributed by atoms with Crippen molar-refractivity contribution in [3.8, 4) is 0 Å². The van der Waals surface area contributed by atoms with Gasteiger partial charge in [0.1, 0.15) is 0 Å². The third kappa shape index (κ3) is 2.00. The summed E-state index contributed by atoms with van der Waals surface area (Å²) in [5.41, 5.74) is 0. The fourth-order valence-electron chi connectivity index (χ4n) is 1.69. The molecule has 0 bridgehead atoms. The molecule has 2 unspecified atom stereocenters. The minimum atomic E-state index is -0.970. The van der Waals surface area contributed by atoms with E-state index in [1.54, 1.807) is 6.92 Å². The molecule has 1 heterocycles. The number of aliphatic hydroxyl groups is 4. The highest BCUT2D eigenvalue weighted by Crippen LogP contribution is 2.20. The Morgan fingerprint density at radius 1 is 1.00 bits per heavy atom. The van der Waals surface area contributed by atoms with Gasteiger partial charge in [-0.2, -0.15) is 0 Å². The molecule has 5 heteroatoms. The van der Waals surface area contributed by atoms with Crippen molar-refractivity contribution < 1.29 is 20.4 Å². The summed E-state index contributed by atoms with van der Waals surface area (Å²) in [4.78, 5) is 0. The molecule has 0 spiro atoms. The lowest BCUT2D eigenvalue weighted by Gasteiger charge is -2.41. The average Bonchev–Trinajstić information content (AvgIpc) is 2.15. The van der Waals surface area contributed by atoms with Gasteiger partial charge in [0.15, 0.2) is 0 Å². The van der Waals surface area contributed by atoms with Gasteiger partial charge in [-0.1, -0.05) is 6.92 Å². The Bertz CT molecular complexity index is 146. The highest BCUT2D eigenvalue weighted by molar-refractivity contribution is 4.95. The molecule has 13 heavy (non-hydrogen) atoms. The van der Waals surface area contributed by atoms with Gasteiger partial charge in [-0.25, -0.2) is 0 Å². The summed E-state index contributed by atoms with van der Waals surface area (Å²) in [5, 5.41) is 39.7. The maximum Gasteiger partial charge on any atom is 0.0977 e. The fraction of sp³-hybridized carbons (Fsp3) is 1.00. The van der Waals surface area contributed by atoms with Gasteiger partial charge in [0.2, 0.25) is 0 Å². The molecule has 1 rings (SSSR count). The van der Waals surface area contributed by atoms with Crippen molar-refractivity contribution in [3.05, 3.63) is 0 Å². The highest BCUT2D eigenvalue weighted by atomic mass is 16.3. The van der Waals surface area contributed by atoms with Gasteiger partial charge in [-0.15, -0.1) is 0 Å². The first kappa shape index (κ1) is 10.9. The lowest BCUT2D eigenvalue weighted by molar-refractivity contribution is -0.0861. The van der Waals surface area contributed by atoms with Crippen LogP contribution in [-0.4, -0.2) is 57.9 Å². The van der Waals surface area contributed by atoms with Crippen molar-refractivity contribution in [3.63, 3.8) is 0 Å². The maximum atomic E-state index is 9.54. The van der Waals surface area contributed by atoms with Crippen LogP contribution in [0.2, 0.25) is 0 Å². The monoisotopic (exact) mass is 191 g/mol. The van der Waals surface area contributed by atoms with E-state index in [1.165, 1.54) is 0 Å². The quantitative estimate of drug-likeness (QED) is 0.337. The van der Waals surface area contributed by atoms with Gasteiger partial charge >= 0.3 is 0 Å². The van der Waals surface area contributed by atoms with E-state index in [0.29, 0.717) is 0 Å². The SMILES string of the molecule is CC1[C@H](CO)NC(CO)[C@H](O)[C@@H]1O. The Labute approximate surface area is 77.0 Å². The Balaban J connectivity index is 2.66. The van der Waals surface area contributed by atoms with Crippen molar-refractivity contribution in [1.29, 1.82) is 0 Å². The van der Waals surface area contributed by atoms with Crippen molar-refractivity contribution in [2.24, 2.45) is 5.92 Å². The van der Waals surface area contributed by atoms with Crippen LogP contribution in [0.5, 0.6) is 0 Å². The Morgan fingerprint density at radius 3 is 2.00 bits per heavy atom. The van der Waals surface area contributed by atoms with Gasteiger partial charge in [0, 0.05) is 12.0 Å². The van der Waals surface area contributed by atoms with Crippen molar-refractivity contribution in [1.82, 2.24) is 5.32 Å². The lowest BCUT2D eigenvalue weighted by atomic mass is 9.84. The second kappa shape index (κ2) is 4.34. The van der Waals surface area contributed by atoms with Crippen LogP contribution in [0, 0.1) is 5.92 Å². The molecule has 0 aromatic carbocycles. The third-order valence-corrected chi connectivity index (χ3v) is 2.76. The van der Waals surface area contributed by atoms with Gasteiger partial charge in [0.05, 0.1) is 31.5 Å². The van der Waals surface area contributed by atoms with Crippen molar-refractivity contribution in [2.75, 3.05) is 13.2 Å². The number of hydrogen-bond donors (Lipinski definition) is 5. The van der Waals surface area contributed by atoms with E-state index in [-0.39, 0.29) is 25.2 Å². The molecule has 5 N–H and O–H groups in total. The Hall–Kier alpha value is -0.200. The molecule has 5 atom stereocenters. The second-order valence-corrected chi connectivity index (χ2v) is 3.59. The van der Waals surface area contributed by atoms with E-state index in [4.69, 9.17) is 10.2 Å². The highest BCUT2D eigenvalue weighted by Gasteiger charge is 2.39. The Kier molecular flexibility index (Phi) is 3.63. The topological polar surface area (TPSA) is 93.0 Å². The summed E-state index contributed by atoms with van der Waals surface area (Å²) in [6, 6.07) is -0.820. The molecule has 1 aliphatic heterocycles. The molecular weight excluding hydrogens is 174 g/mol. The number of hydrogen-bond acceptors (Lipinski definition) is 5. The fourth-order valence-corrected chi connectivity index (χ4v) is 1.69. The van der Waals surface area contributed by atoms with E-state index in [9.17, 15) is 10.2 Å². The molecule has 1 fully saturated rings. The summed E-state index contributed by atoms with van der Waals surface area (Å²) >= 11 is 0. The third-order valence-electron chi connectivity index (χ3n) is 2.76. The van der Waals surface area contributed by atoms with Crippen LogP contribution in [-0.2, 0) is 0 Å².